The van der Waals surface area contributed by atoms with Crippen LogP contribution in [0.15, 0.2) is 24.3 Å². The molecule has 0 spiro atoms. The van der Waals surface area contributed by atoms with E-state index < -0.39 is 5.97 Å². The number of hydrogen-bond acceptors (Lipinski definition) is 4. The summed E-state index contributed by atoms with van der Waals surface area (Å²) in [6, 6.07) is 7.18. The first-order chi connectivity index (χ1) is 7.27. The fraction of sp³-hybridized carbons (Fsp3) is 0.182. The third kappa shape index (κ3) is 3.33. The Morgan fingerprint density at radius 1 is 1.53 bits per heavy atom. The van der Waals surface area contributed by atoms with E-state index in [0.29, 0.717) is 17.9 Å². The molecule has 78 valence electrons. The van der Waals surface area contributed by atoms with Crippen molar-refractivity contribution in [1.82, 2.24) is 0 Å². The fourth-order valence-corrected chi connectivity index (χ4v) is 1.00. The summed E-state index contributed by atoms with van der Waals surface area (Å²) < 4.78 is 4.67. The van der Waals surface area contributed by atoms with Crippen molar-refractivity contribution < 1.29 is 9.53 Å². The van der Waals surface area contributed by atoms with E-state index in [0.717, 1.165) is 0 Å². The number of carbonyl (C=O) groups is 1. The van der Waals surface area contributed by atoms with E-state index in [2.05, 4.69) is 22.0 Å². The number of hydrogen-bond donors (Lipinski definition) is 2. The van der Waals surface area contributed by atoms with E-state index in [9.17, 15) is 4.79 Å². The number of nitrogens with one attached hydrogen (secondary N) is 1. The molecule has 15 heavy (non-hydrogen) atoms. The Hall–Kier alpha value is -1.99. The molecule has 0 aliphatic carbocycles. The maximum atomic E-state index is 11.0. The molecule has 0 aliphatic rings. The summed E-state index contributed by atoms with van der Waals surface area (Å²) in [5, 5.41) is 0. The van der Waals surface area contributed by atoms with Crippen LogP contribution in [0.25, 0.3) is 0 Å². The largest absolute Gasteiger partial charge is 0.456 e. The molecule has 0 heterocycles. The van der Waals surface area contributed by atoms with Crippen molar-refractivity contribution in [3.63, 3.8) is 0 Å². The number of rotatable bonds is 2. The Balaban J connectivity index is 2.83. The molecule has 4 nitrogen and oxygen atoms in total. The number of para-hydroxylation sites is 1. The van der Waals surface area contributed by atoms with Gasteiger partial charge in [-0.15, -0.1) is 0 Å². The van der Waals surface area contributed by atoms with Crippen LogP contribution in [0.5, 0.6) is 0 Å². The molecule has 0 bridgehead atoms. The second kappa shape index (κ2) is 5.68. The minimum atomic E-state index is -0.538. The molecule has 1 aromatic carbocycles. The van der Waals surface area contributed by atoms with Gasteiger partial charge in [0.1, 0.15) is 0 Å². The van der Waals surface area contributed by atoms with Crippen molar-refractivity contribution >= 4 is 11.7 Å². The predicted octanol–water partition coefficient (Wildman–Crippen LogP) is 0.887. The monoisotopic (exact) mass is 204 g/mol. The molecule has 0 aromatic heterocycles. The summed E-state index contributed by atoms with van der Waals surface area (Å²) in [6.45, 7) is 2.05. The van der Waals surface area contributed by atoms with E-state index in [1.165, 1.54) is 0 Å². The molecular weight excluding hydrogens is 192 g/mol. The molecule has 1 rings (SSSR count). The summed E-state index contributed by atoms with van der Waals surface area (Å²) >= 11 is 0. The predicted molar refractivity (Wildman–Crippen MR) is 57.8 cm³/mol. The minimum Gasteiger partial charge on any atom is -0.456 e. The van der Waals surface area contributed by atoms with Gasteiger partial charge >= 0.3 is 5.97 Å². The van der Waals surface area contributed by atoms with Crippen LogP contribution in [0.2, 0.25) is 0 Å². The van der Waals surface area contributed by atoms with Crippen LogP contribution in [-0.2, 0) is 9.53 Å². The van der Waals surface area contributed by atoms with Crippen LogP contribution in [-0.4, -0.2) is 12.6 Å². The van der Waals surface area contributed by atoms with Crippen molar-refractivity contribution in [1.29, 1.82) is 0 Å². The van der Waals surface area contributed by atoms with Crippen LogP contribution < -0.4 is 11.3 Å². The Bertz CT molecular complexity index is 405. The fourth-order valence-electron chi connectivity index (χ4n) is 1.00. The smallest absolute Gasteiger partial charge is 0.384 e. The molecule has 0 amide bonds. The number of benzene rings is 1. The van der Waals surface area contributed by atoms with Gasteiger partial charge in [-0.05, 0) is 19.1 Å². The highest BCUT2D eigenvalue weighted by molar-refractivity contribution is 5.89. The zero-order chi connectivity index (χ0) is 11.1. The average molecular weight is 204 g/mol. The first-order valence-electron chi connectivity index (χ1n) is 4.52. The second-order valence-electron chi connectivity index (χ2n) is 2.66. The highest BCUT2D eigenvalue weighted by Crippen LogP contribution is 2.11. The van der Waals surface area contributed by atoms with Gasteiger partial charge in [-0.2, -0.15) is 0 Å². The molecule has 4 heteroatoms. The van der Waals surface area contributed by atoms with Crippen LogP contribution in [0.3, 0.4) is 0 Å². The van der Waals surface area contributed by atoms with Gasteiger partial charge in [0.05, 0.1) is 12.3 Å². The molecular formula is C11H12N2O2. The molecule has 3 N–H and O–H groups in total. The van der Waals surface area contributed by atoms with Gasteiger partial charge in [-0.3, -0.25) is 5.84 Å². The third-order valence-electron chi connectivity index (χ3n) is 1.66. The van der Waals surface area contributed by atoms with Gasteiger partial charge in [-0.1, -0.05) is 18.1 Å². The molecule has 0 aliphatic heterocycles. The quantitative estimate of drug-likeness (QED) is 0.325. The maximum Gasteiger partial charge on any atom is 0.384 e. The van der Waals surface area contributed by atoms with Gasteiger partial charge in [0.2, 0.25) is 0 Å². The lowest BCUT2D eigenvalue weighted by Gasteiger charge is -2.01. The van der Waals surface area contributed by atoms with Crippen LogP contribution in [0, 0.1) is 11.8 Å². The number of esters is 1. The van der Waals surface area contributed by atoms with Crippen molar-refractivity contribution in [2.24, 2.45) is 5.84 Å². The van der Waals surface area contributed by atoms with E-state index in [4.69, 9.17) is 5.84 Å². The minimum absolute atomic E-state index is 0.324. The average Bonchev–Trinajstić information content (AvgIpc) is 2.27. The molecule has 0 saturated carbocycles. The summed E-state index contributed by atoms with van der Waals surface area (Å²) in [5.41, 5.74) is 3.83. The lowest BCUT2D eigenvalue weighted by molar-refractivity contribution is -0.136. The first-order valence-corrected chi connectivity index (χ1v) is 4.52. The van der Waals surface area contributed by atoms with E-state index >= 15 is 0 Å². The Morgan fingerprint density at radius 2 is 2.27 bits per heavy atom. The molecule has 0 radical (unpaired) electrons. The third-order valence-corrected chi connectivity index (χ3v) is 1.66. The number of carbonyl (C=O) groups excluding carboxylic acids is 1. The molecule has 0 fully saturated rings. The zero-order valence-corrected chi connectivity index (χ0v) is 8.41. The summed E-state index contributed by atoms with van der Waals surface area (Å²) in [5.74, 6) is 9.79. The molecule has 0 atom stereocenters. The maximum absolute atomic E-state index is 11.0. The van der Waals surface area contributed by atoms with E-state index in [-0.39, 0.29) is 0 Å². The van der Waals surface area contributed by atoms with E-state index in [1.54, 1.807) is 19.1 Å². The van der Waals surface area contributed by atoms with Crippen LogP contribution >= 0.6 is 0 Å². The van der Waals surface area contributed by atoms with Gasteiger partial charge in [0, 0.05) is 11.5 Å². The number of anilines is 1. The van der Waals surface area contributed by atoms with Crippen LogP contribution in [0.1, 0.15) is 12.5 Å². The topological polar surface area (TPSA) is 64.3 Å². The van der Waals surface area contributed by atoms with Crippen molar-refractivity contribution in [2.75, 3.05) is 12.0 Å². The summed E-state index contributed by atoms with van der Waals surface area (Å²) in [7, 11) is 0. The second-order valence-corrected chi connectivity index (χ2v) is 2.66. The van der Waals surface area contributed by atoms with Gasteiger partial charge in [-0.25, -0.2) is 4.79 Å². The lowest BCUT2D eigenvalue weighted by Crippen LogP contribution is -2.08. The van der Waals surface area contributed by atoms with Gasteiger partial charge < -0.3 is 10.2 Å². The molecule has 0 saturated heterocycles. The highest BCUT2D eigenvalue weighted by atomic mass is 16.5. The summed E-state index contributed by atoms with van der Waals surface area (Å²) in [4.78, 5) is 11.0. The van der Waals surface area contributed by atoms with Crippen LogP contribution in [0.4, 0.5) is 5.69 Å². The van der Waals surface area contributed by atoms with Gasteiger partial charge in [0.25, 0.3) is 0 Å². The Morgan fingerprint density at radius 3 is 2.93 bits per heavy atom. The Kier molecular flexibility index (Phi) is 4.20. The standard InChI is InChI=1S/C11H12N2O2/c1-2-15-11(14)8-7-9-5-3-4-6-10(9)13-12/h3-6,13H,2,12H2,1H3. The number of nitrogens with two attached hydrogens (primary N) is 1. The van der Waals surface area contributed by atoms with Crippen molar-refractivity contribution in [3.8, 4) is 11.8 Å². The van der Waals surface area contributed by atoms with E-state index in [1.807, 2.05) is 12.1 Å². The normalized spacial score (nSPS) is 8.67. The lowest BCUT2D eigenvalue weighted by atomic mass is 10.2. The number of hydrazine groups is 1. The highest BCUT2D eigenvalue weighted by Gasteiger charge is 1.97. The molecule has 1 aromatic rings. The first kappa shape index (κ1) is 11.1. The van der Waals surface area contributed by atoms with Gasteiger partial charge in [0.15, 0.2) is 0 Å². The Labute approximate surface area is 88.4 Å². The zero-order valence-electron chi connectivity index (χ0n) is 8.41. The SMILES string of the molecule is CCOC(=O)C#Cc1ccccc1NN. The number of ether oxygens (including phenoxy) is 1. The number of nitrogen functional groups attached to an aromatic ring is 1. The summed E-state index contributed by atoms with van der Waals surface area (Å²) in [6.07, 6.45) is 0. The van der Waals surface area contributed by atoms with Crippen molar-refractivity contribution in [2.45, 2.75) is 6.92 Å². The van der Waals surface area contributed by atoms with Crippen molar-refractivity contribution in [3.05, 3.63) is 29.8 Å². The molecule has 0 unspecified atom stereocenters.